The fourth-order valence-electron chi connectivity index (χ4n) is 4.39. The van der Waals surface area contributed by atoms with Gasteiger partial charge in [0, 0.05) is 52.5 Å². The molecule has 0 aliphatic carbocycles. The molecular weight excluding hydrogens is 608 g/mol. The molecule has 0 rings (SSSR count). The summed E-state index contributed by atoms with van der Waals surface area (Å²) >= 11 is 0. The topological polar surface area (TPSA) is 145 Å². The van der Waals surface area contributed by atoms with Crippen molar-refractivity contribution in [2.24, 2.45) is 0 Å². The highest BCUT2D eigenvalue weighted by Gasteiger charge is 2.64. The van der Waals surface area contributed by atoms with Gasteiger partial charge in [0.2, 0.25) is 0 Å². The first-order valence-electron chi connectivity index (χ1n) is 16.9. The van der Waals surface area contributed by atoms with E-state index in [9.17, 15) is 9.59 Å². The van der Waals surface area contributed by atoms with Crippen LogP contribution in [-0.2, 0) is 66.4 Å². The second-order valence-electron chi connectivity index (χ2n) is 9.54. The van der Waals surface area contributed by atoms with Gasteiger partial charge in [0.05, 0.1) is 26.4 Å². The quantitative estimate of drug-likeness (QED) is 0.0527. The summed E-state index contributed by atoms with van der Waals surface area (Å²) in [6.45, 7) is 19.2. The van der Waals surface area contributed by atoms with Gasteiger partial charge in [-0.2, -0.15) is 0 Å². The van der Waals surface area contributed by atoms with E-state index in [1.807, 2.05) is 13.8 Å². The minimum atomic E-state index is -2.13. The summed E-state index contributed by atoms with van der Waals surface area (Å²) in [6, 6.07) is 0. The summed E-state index contributed by atoms with van der Waals surface area (Å²) in [5.74, 6) is -9.54. The van der Waals surface area contributed by atoms with E-state index in [0.29, 0.717) is 12.8 Å². The van der Waals surface area contributed by atoms with Crippen molar-refractivity contribution in [3.63, 3.8) is 0 Å². The molecule has 2 atom stereocenters. The summed E-state index contributed by atoms with van der Waals surface area (Å²) in [5.41, 5.74) is 0. The Morgan fingerprint density at radius 1 is 0.370 bits per heavy atom. The Morgan fingerprint density at radius 3 is 0.826 bits per heavy atom. The van der Waals surface area contributed by atoms with E-state index in [-0.39, 0.29) is 91.8 Å². The summed E-state index contributed by atoms with van der Waals surface area (Å²) in [6.07, 6.45) is 1.55. The number of hydrogen-bond acceptors (Lipinski definition) is 14. The van der Waals surface area contributed by atoms with Gasteiger partial charge in [0.1, 0.15) is 0 Å². The Labute approximate surface area is 276 Å². The largest absolute Gasteiger partial charge is 0.416 e. The van der Waals surface area contributed by atoms with E-state index >= 15 is 0 Å². The summed E-state index contributed by atoms with van der Waals surface area (Å²) < 4.78 is 70.6. The molecule has 14 heteroatoms. The normalized spacial score (nSPS) is 14.9. The van der Waals surface area contributed by atoms with Gasteiger partial charge in [-0.25, -0.2) is 0 Å². The lowest BCUT2D eigenvalue weighted by atomic mass is 10.2. The van der Waals surface area contributed by atoms with Crippen LogP contribution in [0.4, 0.5) is 0 Å². The van der Waals surface area contributed by atoms with E-state index in [1.54, 1.807) is 55.4 Å². The average Bonchev–Trinajstić information content (AvgIpc) is 3.01. The zero-order valence-corrected chi connectivity index (χ0v) is 30.0. The molecule has 0 aromatic carbocycles. The lowest BCUT2D eigenvalue weighted by Crippen LogP contribution is -2.65. The molecule has 0 aromatic heterocycles. The van der Waals surface area contributed by atoms with Crippen LogP contribution in [0.2, 0.25) is 0 Å². The van der Waals surface area contributed by atoms with Crippen LogP contribution in [0.15, 0.2) is 0 Å². The zero-order valence-electron chi connectivity index (χ0n) is 30.0. The fraction of sp³-hybridized carbons (Fsp3) is 0.938. The first-order chi connectivity index (χ1) is 22.1. The highest BCUT2D eigenvalue weighted by Crippen LogP contribution is 2.38. The molecule has 0 aliphatic heterocycles. The molecule has 0 amide bonds. The SMILES string of the molecule is CCCOC(OCC)(OC(=O)CCCCC(=O)OC(OCC)(OCCC)C(OCC)(OCC)OCC)C(OCC)(OCC)OCC. The van der Waals surface area contributed by atoms with Crippen molar-refractivity contribution < 1.29 is 66.4 Å². The molecule has 0 radical (unpaired) electrons. The van der Waals surface area contributed by atoms with Crippen molar-refractivity contribution in [3.8, 4) is 0 Å². The number of ether oxygens (including phenoxy) is 12. The molecule has 0 spiro atoms. The number of unbranched alkanes of at least 4 members (excludes halogenated alkanes) is 1. The van der Waals surface area contributed by atoms with E-state index in [4.69, 9.17) is 56.8 Å². The second-order valence-corrected chi connectivity index (χ2v) is 9.54. The molecule has 0 heterocycles. The summed E-state index contributed by atoms with van der Waals surface area (Å²) in [7, 11) is 0. The van der Waals surface area contributed by atoms with E-state index in [0.717, 1.165) is 0 Å². The molecule has 0 saturated carbocycles. The predicted molar refractivity (Wildman–Crippen MR) is 167 cm³/mol. The van der Waals surface area contributed by atoms with Crippen molar-refractivity contribution >= 4 is 11.9 Å². The minimum absolute atomic E-state index is 0.0816. The average molecular weight is 671 g/mol. The molecule has 46 heavy (non-hydrogen) atoms. The maximum atomic E-state index is 13.2. The number of rotatable bonds is 31. The summed E-state index contributed by atoms with van der Waals surface area (Å²) in [4.78, 5) is 26.5. The molecule has 274 valence electrons. The first kappa shape index (κ1) is 44.5. The first-order valence-corrected chi connectivity index (χ1v) is 16.9. The Balaban J connectivity index is 5.92. The van der Waals surface area contributed by atoms with Gasteiger partial charge in [-0.15, -0.1) is 0 Å². The molecule has 0 bridgehead atoms. The van der Waals surface area contributed by atoms with Crippen molar-refractivity contribution in [2.75, 3.05) is 66.1 Å². The van der Waals surface area contributed by atoms with Crippen LogP contribution in [0.3, 0.4) is 0 Å². The Kier molecular flexibility index (Phi) is 23.9. The van der Waals surface area contributed by atoms with Crippen LogP contribution in [0.5, 0.6) is 0 Å². The van der Waals surface area contributed by atoms with Crippen LogP contribution >= 0.6 is 0 Å². The fourth-order valence-corrected chi connectivity index (χ4v) is 4.39. The number of hydrogen-bond donors (Lipinski definition) is 0. The molecule has 0 saturated heterocycles. The maximum Gasteiger partial charge on any atom is 0.416 e. The third-order valence-electron chi connectivity index (χ3n) is 5.93. The van der Waals surface area contributed by atoms with Crippen molar-refractivity contribution in [2.45, 2.75) is 132 Å². The second kappa shape index (κ2) is 24.6. The number of esters is 2. The molecule has 0 N–H and O–H groups in total. The molecule has 0 fully saturated rings. The minimum Gasteiger partial charge on any atom is -0.401 e. The van der Waals surface area contributed by atoms with Gasteiger partial charge >= 0.3 is 35.8 Å². The van der Waals surface area contributed by atoms with E-state index in [1.165, 1.54) is 0 Å². The van der Waals surface area contributed by atoms with Crippen molar-refractivity contribution in [1.82, 2.24) is 0 Å². The van der Waals surface area contributed by atoms with Crippen LogP contribution in [0.1, 0.15) is 108 Å². The third-order valence-corrected chi connectivity index (χ3v) is 5.93. The van der Waals surface area contributed by atoms with E-state index < -0.39 is 35.8 Å². The molecule has 0 aromatic rings. The lowest BCUT2D eigenvalue weighted by Gasteiger charge is -2.44. The number of carbonyl (C=O) groups is 2. The van der Waals surface area contributed by atoms with Gasteiger partial charge in [-0.1, -0.05) is 13.8 Å². The van der Waals surface area contributed by atoms with Gasteiger partial charge < -0.3 is 56.8 Å². The highest BCUT2D eigenvalue weighted by atomic mass is 17.0. The van der Waals surface area contributed by atoms with Crippen molar-refractivity contribution in [1.29, 1.82) is 0 Å². The highest BCUT2D eigenvalue weighted by molar-refractivity contribution is 5.71. The van der Waals surface area contributed by atoms with Gasteiger partial charge in [0.25, 0.3) is 0 Å². The van der Waals surface area contributed by atoms with Gasteiger partial charge in [0.15, 0.2) is 0 Å². The standard InChI is InChI=1S/C32H62O14/c1-11-25-43-31(41-19-9,29(35-13-3,36-14-4)37-15-5)45-27(33)23-21-22-24-28(34)46-32(42-20-10,44-26-12-2)30(38-16-6,39-17-7)40-18-8/h11-26H2,1-10H3. The molecular formula is C32H62O14. The van der Waals surface area contributed by atoms with Crippen LogP contribution < -0.4 is 0 Å². The predicted octanol–water partition coefficient (Wildman–Crippen LogP) is 5.39. The maximum absolute atomic E-state index is 13.2. The molecule has 2 unspecified atom stereocenters. The Bertz CT molecular complexity index is 699. The van der Waals surface area contributed by atoms with E-state index in [2.05, 4.69) is 0 Å². The van der Waals surface area contributed by atoms with Gasteiger partial charge in [-0.05, 0) is 81.1 Å². The monoisotopic (exact) mass is 670 g/mol. The third kappa shape index (κ3) is 12.9. The van der Waals surface area contributed by atoms with Crippen LogP contribution in [0.25, 0.3) is 0 Å². The molecule has 14 nitrogen and oxygen atoms in total. The summed E-state index contributed by atoms with van der Waals surface area (Å²) in [5, 5.41) is 0. The van der Waals surface area contributed by atoms with Crippen molar-refractivity contribution in [3.05, 3.63) is 0 Å². The lowest BCUT2D eigenvalue weighted by molar-refractivity contribution is -0.550. The zero-order chi connectivity index (χ0) is 35.0. The van der Waals surface area contributed by atoms with Crippen LogP contribution in [-0.4, -0.2) is 102 Å². The van der Waals surface area contributed by atoms with Crippen LogP contribution in [0, 0.1) is 0 Å². The smallest absolute Gasteiger partial charge is 0.401 e. The Hall–Kier alpha value is -1.46. The Morgan fingerprint density at radius 2 is 0.609 bits per heavy atom. The molecule has 0 aliphatic rings. The van der Waals surface area contributed by atoms with Gasteiger partial charge in [-0.3, -0.25) is 9.59 Å². The number of carbonyl (C=O) groups excluding carboxylic acids is 2.